The van der Waals surface area contributed by atoms with E-state index in [4.69, 9.17) is 5.11 Å². The Labute approximate surface area is 123 Å². The van der Waals surface area contributed by atoms with Gasteiger partial charge in [0.1, 0.15) is 0 Å². The molecule has 1 atom stereocenters. The molecule has 0 saturated carbocycles. The Bertz CT molecular complexity index is 489. The van der Waals surface area contributed by atoms with Crippen LogP contribution in [0.4, 0.5) is 0 Å². The highest BCUT2D eigenvalue weighted by molar-refractivity contribution is 7.12. The predicted molar refractivity (Wildman–Crippen MR) is 82.0 cm³/mol. The van der Waals surface area contributed by atoms with Gasteiger partial charge in [0.25, 0.3) is 5.91 Å². The van der Waals surface area contributed by atoms with Crippen LogP contribution in [0.15, 0.2) is 17.5 Å². The van der Waals surface area contributed by atoms with E-state index in [0.717, 1.165) is 18.9 Å². The molecule has 0 saturated heterocycles. The molecule has 110 valence electrons. The van der Waals surface area contributed by atoms with E-state index in [9.17, 15) is 9.59 Å². The highest BCUT2D eigenvalue weighted by Gasteiger charge is 2.18. The summed E-state index contributed by atoms with van der Waals surface area (Å²) in [7, 11) is 0. The quantitative estimate of drug-likeness (QED) is 0.758. The van der Waals surface area contributed by atoms with Crippen molar-refractivity contribution in [1.82, 2.24) is 5.32 Å². The molecule has 0 aromatic carbocycles. The van der Waals surface area contributed by atoms with E-state index in [2.05, 4.69) is 19.2 Å². The first kappa shape index (κ1) is 16.4. The number of hydrogen-bond acceptors (Lipinski definition) is 3. The number of aliphatic carboxylic acids is 1. The molecule has 5 heteroatoms. The Morgan fingerprint density at radius 3 is 2.60 bits per heavy atom. The average Bonchev–Trinajstić information content (AvgIpc) is 2.86. The van der Waals surface area contributed by atoms with E-state index in [1.807, 2.05) is 6.92 Å². The van der Waals surface area contributed by atoms with E-state index in [-0.39, 0.29) is 11.9 Å². The lowest BCUT2D eigenvalue weighted by Gasteiger charge is -2.22. The normalized spacial score (nSPS) is 12.8. The number of carbonyl (C=O) groups is 2. The fourth-order valence-electron chi connectivity index (χ4n) is 2.18. The van der Waals surface area contributed by atoms with Crippen molar-refractivity contribution in [3.63, 3.8) is 0 Å². The van der Waals surface area contributed by atoms with E-state index in [1.165, 1.54) is 17.4 Å². The molecule has 1 heterocycles. The Kier molecular flexibility index (Phi) is 6.45. The first-order valence-electron chi connectivity index (χ1n) is 6.78. The first-order chi connectivity index (χ1) is 9.49. The van der Waals surface area contributed by atoms with Gasteiger partial charge in [0, 0.05) is 12.1 Å². The molecule has 0 bridgehead atoms. The third-order valence-corrected chi connectivity index (χ3v) is 4.35. The molecule has 0 spiro atoms. The fourth-order valence-corrected chi connectivity index (χ4v) is 2.97. The molecule has 2 N–H and O–H groups in total. The summed E-state index contributed by atoms with van der Waals surface area (Å²) < 4.78 is 0. The van der Waals surface area contributed by atoms with Crippen LogP contribution in [0.3, 0.4) is 0 Å². The van der Waals surface area contributed by atoms with Crippen LogP contribution in [-0.4, -0.2) is 23.0 Å². The van der Waals surface area contributed by atoms with Crippen LogP contribution in [-0.2, 0) is 4.79 Å². The number of carboxylic acid groups (broad SMARTS) is 1. The molecule has 20 heavy (non-hydrogen) atoms. The van der Waals surface area contributed by atoms with Gasteiger partial charge in [-0.1, -0.05) is 26.7 Å². The minimum Gasteiger partial charge on any atom is -0.478 e. The zero-order valence-corrected chi connectivity index (χ0v) is 12.9. The second-order valence-electron chi connectivity index (χ2n) is 4.72. The number of carbonyl (C=O) groups excluding carboxylic acids is 1. The Morgan fingerprint density at radius 2 is 2.05 bits per heavy atom. The molecule has 1 aromatic heterocycles. The summed E-state index contributed by atoms with van der Waals surface area (Å²) in [5, 5.41) is 13.4. The Balaban J connectivity index is 2.78. The van der Waals surface area contributed by atoms with Crippen molar-refractivity contribution in [3.8, 4) is 0 Å². The standard InChI is InChI=1S/C15H21NO3S/c1-4-11(5-2)10(3)16-15(19)14-12(8-9-20-14)6-7-13(17)18/h6-11H,4-5H2,1-3H3,(H,16,19)(H,17,18). The molecule has 1 unspecified atom stereocenters. The molecule has 0 aliphatic heterocycles. The highest BCUT2D eigenvalue weighted by Crippen LogP contribution is 2.20. The lowest BCUT2D eigenvalue weighted by atomic mass is 9.95. The smallest absolute Gasteiger partial charge is 0.328 e. The number of hydrogen-bond donors (Lipinski definition) is 2. The SMILES string of the molecule is CCC(CC)C(C)NC(=O)c1sccc1C=CC(=O)O. The van der Waals surface area contributed by atoms with Gasteiger partial charge in [0.05, 0.1) is 4.88 Å². The number of nitrogens with one attached hydrogen (secondary N) is 1. The van der Waals surface area contributed by atoms with Crippen LogP contribution in [0.1, 0.15) is 48.8 Å². The van der Waals surface area contributed by atoms with Gasteiger partial charge >= 0.3 is 5.97 Å². The largest absolute Gasteiger partial charge is 0.478 e. The monoisotopic (exact) mass is 295 g/mol. The van der Waals surface area contributed by atoms with Gasteiger partial charge in [-0.2, -0.15) is 0 Å². The van der Waals surface area contributed by atoms with Gasteiger partial charge in [-0.3, -0.25) is 4.79 Å². The average molecular weight is 295 g/mol. The minimum atomic E-state index is -1.02. The van der Waals surface area contributed by atoms with Crippen LogP contribution in [0.5, 0.6) is 0 Å². The Morgan fingerprint density at radius 1 is 1.40 bits per heavy atom. The first-order valence-corrected chi connectivity index (χ1v) is 7.66. The molecule has 0 radical (unpaired) electrons. The van der Waals surface area contributed by atoms with E-state index in [0.29, 0.717) is 16.4 Å². The lowest BCUT2D eigenvalue weighted by molar-refractivity contribution is -0.131. The predicted octanol–water partition coefficient (Wildman–Crippen LogP) is 3.40. The molecular formula is C15H21NO3S. The molecule has 0 aliphatic rings. The van der Waals surface area contributed by atoms with Crippen molar-refractivity contribution in [2.24, 2.45) is 5.92 Å². The maximum absolute atomic E-state index is 12.2. The molecule has 1 amide bonds. The zero-order chi connectivity index (χ0) is 15.1. The summed E-state index contributed by atoms with van der Waals surface area (Å²) in [6.45, 7) is 6.24. The number of carboxylic acids is 1. The van der Waals surface area contributed by atoms with Gasteiger partial charge < -0.3 is 10.4 Å². The molecular weight excluding hydrogens is 274 g/mol. The highest BCUT2D eigenvalue weighted by atomic mass is 32.1. The minimum absolute atomic E-state index is 0.107. The third-order valence-electron chi connectivity index (χ3n) is 3.42. The van der Waals surface area contributed by atoms with Crippen LogP contribution in [0, 0.1) is 5.92 Å². The number of amides is 1. The van der Waals surface area contributed by atoms with Crippen molar-refractivity contribution in [1.29, 1.82) is 0 Å². The molecule has 1 rings (SSSR count). The van der Waals surface area contributed by atoms with Crippen LogP contribution >= 0.6 is 11.3 Å². The molecule has 0 fully saturated rings. The summed E-state index contributed by atoms with van der Waals surface area (Å²) in [4.78, 5) is 23.3. The van der Waals surface area contributed by atoms with Crippen LogP contribution in [0.2, 0.25) is 0 Å². The summed E-state index contributed by atoms with van der Waals surface area (Å²) in [5.74, 6) is -0.700. The molecule has 1 aromatic rings. The van der Waals surface area contributed by atoms with Crippen LogP contribution < -0.4 is 5.32 Å². The summed E-state index contributed by atoms with van der Waals surface area (Å²) in [5.41, 5.74) is 0.645. The maximum Gasteiger partial charge on any atom is 0.328 e. The summed E-state index contributed by atoms with van der Waals surface area (Å²) in [6, 6.07) is 1.86. The second kappa shape index (κ2) is 7.85. The van der Waals surface area contributed by atoms with Gasteiger partial charge in [-0.15, -0.1) is 11.3 Å². The van der Waals surface area contributed by atoms with Crippen molar-refractivity contribution in [2.45, 2.75) is 39.7 Å². The number of thiophene rings is 1. The van der Waals surface area contributed by atoms with E-state index >= 15 is 0 Å². The lowest BCUT2D eigenvalue weighted by Crippen LogP contribution is -2.37. The topological polar surface area (TPSA) is 66.4 Å². The van der Waals surface area contributed by atoms with Gasteiger partial charge in [-0.25, -0.2) is 4.79 Å². The summed E-state index contributed by atoms with van der Waals surface area (Å²) >= 11 is 1.32. The van der Waals surface area contributed by atoms with Crippen molar-refractivity contribution < 1.29 is 14.7 Å². The second-order valence-corrected chi connectivity index (χ2v) is 5.63. The van der Waals surface area contributed by atoms with Crippen molar-refractivity contribution in [2.75, 3.05) is 0 Å². The van der Waals surface area contributed by atoms with E-state index in [1.54, 1.807) is 11.4 Å². The molecule has 0 aliphatic carbocycles. The third kappa shape index (κ3) is 4.49. The van der Waals surface area contributed by atoms with Gasteiger partial charge in [0.15, 0.2) is 0 Å². The van der Waals surface area contributed by atoms with Crippen molar-refractivity contribution >= 4 is 29.3 Å². The summed E-state index contributed by atoms with van der Waals surface area (Å²) in [6.07, 6.45) is 4.54. The van der Waals surface area contributed by atoms with Gasteiger partial charge in [-0.05, 0) is 35.9 Å². The van der Waals surface area contributed by atoms with Gasteiger partial charge in [0.2, 0.25) is 0 Å². The molecule has 4 nitrogen and oxygen atoms in total. The fraction of sp³-hybridized carbons (Fsp3) is 0.467. The number of rotatable bonds is 7. The zero-order valence-electron chi connectivity index (χ0n) is 12.1. The maximum atomic E-state index is 12.2. The van der Waals surface area contributed by atoms with Crippen LogP contribution in [0.25, 0.3) is 6.08 Å². The Hall–Kier alpha value is -1.62. The van der Waals surface area contributed by atoms with E-state index < -0.39 is 5.97 Å². The van der Waals surface area contributed by atoms with Crippen molar-refractivity contribution in [3.05, 3.63) is 28.0 Å².